The lowest BCUT2D eigenvalue weighted by Crippen LogP contribution is -2.50. The summed E-state index contributed by atoms with van der Waals surface area (Å²) in [6.07, 6.45) is 1.80. The van der Waals surface area contributed by atoms with Crippen LogP contribution in [0.3, 0.4) is 0 Å². The highest BCUT2D eigenvalue weighted by molar-refractivity contribution is 5.85. The summed E-state index contributed by atoms with van der Waals surface area (Å²) < 4.78 is 10.5. The predicted molar refractivity (Wildman–Crippen MR) is 93.0 cm³/mol. The zero-order valence-electron chi connectivity index (χ0n) is 13.8. The molecule has 1 saturated heterocycles. The monoisotopic (exact) mass is 342 g/mol. The summed E-state index contributed by atoms with van der Waals surface area (Å²) >= 11 is 0. The minimum Gasteiger partial charge on any atom is -0.383 e. The molecule has 1 aromatic rings. The number of nitrogens with one attached hydrogen (secondary N) is 1. The first-order valence-corrected chi connectivity index (χ1v) is 7.75. The molecule has 0 spiro atoms. The van der Waals surface area contributed by atoms with Gasteiger partial charge in [0.15, 0.2) is 0 Å². The molecule has 3 N–H and O–H groups in total. The molecule has 1 amide bonds. The summed E-state index contributed by atoms with van der Waals surface area (Å²) in [5, 5.41) is 3.00. The smallest absolute Gasteiger partial charge is 0.239 e. The van der Waals surface area contributed by atoms with Crippen molar-refractivity contribution in [3.8, 4) is 0 Å². The molecule has 130 valence electrons. The van der Waals surface area contributed by atoms with Crippen LogP contribution in [-0.2, 0) is 19.7 Å². The molecule has 1 aliphatic heterocycles. The lowest BCUT2D eigenvalue weighted by molar-refractivity contribution is -0.124. The van der Waals surface area contributed by atoms with Crippen molar-refractivity contribution < 1.29 is 14.3 Å². The van der Waals surface area contributed by atoms with Gasteiger partial charge in [0.25, 0.3) is 0 Å². The number of carbonyl (C=O) groups excluding carboxylic acids is 1. The quantitative estimate of drug-likeness (QED) is 0.822. The summed E-state index contributed by atoms with van der Waals surface area (Å²) in [7, 11) is 1.54. The third-order valence-electron chi connectivity index (χ3n) is 4.45. The third kappa shape index (κ3) is 4.91. The molecule has 0 aromatic heterocycles. The number of carbonyl (C=O) groups is 1. The summed E-state index contributed by atoms with van der Waals surface area (Å²) in [4.78, 5) is 12.1. The van der Waals surface area contributed by atoms with Crippen LogP contribution in [0.4, 0.5) is 0 Å². The highest BCUT2D eigenvalue weighted by Gasteiger charge is 2.36. The number of ether oxygens (including phenoxy) is 2. The average molecular weight is 343 g/mol. The van der Waals surface area contributed by atoms with Crippen molar-refractivity contribution in [1.82, 2.24) is 5.32 Å². The van der Waals surface area contributed by atoms with E-state index in [0.717, 1.165) is 12.8 Å². The van der Waals surface area contributed by atoms with Gasteiger partial charge in [0.05, 0.1) is 6.61 Å². The van der Waals surface area contributed by atoms with Crippen LogP contribution < -0.4 is 11.1 Å². The molecule has 1 aliphatic rings. The van der Waals surface area contributed by atoms with E-state index in [-0.39, 0.29) is 30.3 Å². The van der Waals surface area contributed by atoms with E-state index in [1.807, 2.05) is 6.07 Å². The van der Waals surface area contributed by atoms with Gasteiger partial charge in [-0.25, -0.2) is 0 Å². The largest absolute Gasteiger partial charge is 0.383 e. The van der Waals surface area contributed by atoms with Crippen LogP contribution in [0.25, 0.3) is 0 Å². The fourth-order valence-electron chi connectivity index (χ4n) is 3.11. The Morgan fingerprint density at radius 2 is 2.04 bits per heavy atom. The van der Waals surface area contributed by atoms with Crippen molar-refractivity contribution >= 4 is 18.3 Å². The maximum absolute atomic E-state index is 12.1. The summed E-state index contributed by atoms with van der Waals surface area (Å²) in [5.41, 5.74) is 8.26. The number of hydrogen-bond acceptors (Lipinski definition) is 4. The topological polar surface area (TPSA) is 73.6 Å². The number of halogens is 1. The molecule has 1 unspecified atom stereocenters. The van der Waals surface area contributed by atoms with Crippen molar-refractivity contribution in [3.05, 3.63) is 35.4 Å². The Balaban J connectivity index is 0.00000264. The van der Waals surface area contributed by atoms with Crippen molar-refractivity contribution in [2.45, 2.75) is 31.2 Å². The minimum atomic E-state index is -0.626. The standard InChI is InChI=1S/C17H26N2O3.ClH/c1-13-5-3-4-6-14(13)17(7-9-22-10-8-17)12-19-16(20)15(18)11-21-2;/h3-6,15H,7-12,18H2,1-2H3,(H,19,20);1H. The first kappa shape index (κ1) is 19.9. The van der Waals surface area contributed by atoms with Crippen LogP contribution in [0.15, 0.2) is 24.3 Å². The molecule has 5 nitrogen and oxygen atoms in total. The molecular weight excluding hydrogens is 316 g/mol. The normalized spacial score (nSPS) is 17.9. The minimum absolute atomic E-state index is 0. The fourth-order valence-corrected chi connectivity index (χ4v) is 3.11. The van der Waals surface area contributed by atoms with Crippen molar-refractivity contribution in [3.63, 3.8) is 0 Å². The van der Waals surface area contributed by atoms with Crippen LogP contribution in [0, 0.1) is 6.92 Å². The second-order valence-corrected chi connectivity index (χ2v) is 5.99. The summed E-state index contributed by atoms with van der Waals surface area (Å²) in [6, 6.07) is 7.74. The Labute approximate surface area is 144 Å². The van der Waals surface area contributed by atoms with Gasteiger partial charge in [-0.1, -0.05) is 24.3 Å². The van der Waals surface area contributed by atoms with E-state index in [0.29, 0.717) is 19.8 Å². The molecular formula is C17H27ClN2O3. The van der Waals surface area contributed by atoms with Gasteiger partial charge in [0.2, 0.25) is 5.91 Å². The van der Waals surface area contributed by atoms with Crippen LogP contribution in [-0.4, -0.2) is 45.4 Å². The zero-order chi connectivity index (χ0) is 16.0. The molecule has 23 heavy (non-hydrogen) atoms. The molecule has 2 rings (SSSR count). The van der Waals surface area contributed by atoms with Crippen molar-refractivity contribution in [2.75, 3.05) is 33.5 Å². The highest BCUT2D eigenvalue weighted by atomic mass is 35.5. The Bertz CT molecular complexity index is 504. The SMILES string of the molecule is COCC(N)C(=O)NCC1(c2ccccc2C)CCOCC1.Cl. The first-order chi connectivity index (χ1) is 10.6. The lowest BCUT2D eigenvalue weighted by atomic mass is 9.72. The molecule has 6 heteroatoms. The van der Waals surface area contributed by atoms with Gasteiger partial charge in [-0.05, 0) is 30.9 Å². The van der Waals surface area contributed by atoms with Crippen LogP contribution in [0.2, 0.25) is 0 Å². The maximum atomic E-state index is 12.1. The van der Waals surface area contributed by atoms with E-state index in [4.69, 9.17) is 15.2 Å². The predicted octanol–water partition coefficient (Wildman–Crippen LogP) is 1.55. The molecule has 1 atom stereocenters. The Hall–Kier alpha value is -1.14. The number of hydrogen-bond donors (Lipinski definition) is 2. The van der Waals surface area contributed by atoms with E-state index in [2.05, 4.69) is 30.4 Å². The first-order valence-electron chi connectivity index (χ1n) is 7.75. The van der Waals surface area contributed by atoms with Crippen LogP contribution in [0.5, 0.6) is 0 Å². The van der Waals surface area contributed by atoms with Gasteiger partial charge in [0, 0.05) is 32.3 Å². The Kier molecular flexibility index (Phi) is 7.99. The molecule has 0 radical (unpaired) electrons. The Morgan fingerprint density at radius 3 is 2.65 bits per heavy atom. The van der Waals surface area contributed by atoms with Crippen molar-refractivity contribution in [2.24, 2.45) is 5.73 Å². The van der Waals surface area contributed by atoms with Gasteiger partial charge in [-0.2, -0.15) is 0 Å². The van der Waals surface area contributed by atoms with Gasteiger partial charge in [-0.15, -0.1) is 12.4 Å². The van der Waals surface area contributed by atoms with Gasteiger partial charge in [-0.3, -0.25) is 4.79 Å². The van der Waals surface area contributed by atoms with Gasteiger partial charge < -0.3 is 20.5 Å². The second-order valence-electron chi connectivity index (χ2n) is 5.99. The highest BCUT2D eigenvalue weighted by Crippen LogP contribution is 2.36. The van der Waals surface area contributed by atoms with E-state index < -0.39 is 6.04 Å². The summed E-state index contributed by atoms with van der Waals surface area (Å²) in [5.74, 6) is -0.165. The molecule has 1 fully saturated rings. The molecule has 0 aliphatic carbocycles. The molecule has 1 heterocycles. The number of aryl methyl sites for hydroxylation is 1. The number of nitrogens with two attached hydrogens (primary N) is 1. The van der Waals surface area contributed by atoms with Crippen LogP contribution >= 0.6 is 12.4 Å². The lowest BCUT2D eigenvalue weighted by Gasteiger charge is -2.39. The molecule has 0 saturated carbocycles. The maximum Gasteiger partial charge on any atom is 0.239 e. The van der Waals surface area contributed by atoms with Gasteiger partial charge in [0.1, 0.15) is 6.04 Å². The van der Waals surface area contributed by atoms with Gasteiger partial charge >= 0.3 is 0 Å². The van der Waals surface area contributed by atoms with E-state index in [9.17, 15) is 4.79 Å². The summed E-state index contributed by atoms with van der Waals surface area (Å²) in [6.45, 7) is 4.36. The zero-order valence-corrected chi connectivity index (χ0v) is 14.7. The second kappa shape index (κ2) is 9.23. The van der Waals surface area contributed by atoms with Crippen LogP contribution in [0.1, 0.15) is 24.0 Å². The third-order valence-corrected chi connectivity index (χ3v) is 4.45. The number of benzene rings is 1. The van der Waals surface area contributed by atoms with E-state index in [1.165, 1.54) is 11.1 Å². The van der Waals surface area contributed by atoms with E-state index in [1.54, 1.807) is 7.11 Å². The fraction of sp³-hybridized carbons (Fsp3) is 0.588. The number of rotatable bonds is 6. The molecule has 0 bridgehead atoms. The molecule has 1 aromatic carbocycles. The van der Waals surface area contributed by atoms with Crippen molar-refractivity contribution in [1.29, 1.82) is 0 Å². The Morgan fingerprint density at radius 1 is 1.39 bits per heavy atom. The average Bonchev–Trinajstić information content (AvgIpc) is 2.54. The van der Waals surface area contributed by atoms with E-state index >= 15 is 0 Å². The number of amides is 1. The number of methoxy groups -OCH3 is 1.